The van der Waals surface area contributed by atoms with Crippen LogP contribution in [0.15, 0.2) is 224 Å². The fourth-order valence-electron chi connectivity index (χ4n) is 10.9. The second-order valence-corrected chi connectivity index (χ2v) is 20.0. The first-order valence-corrected chi connectivity index (χ1v) is 25.1. The van der Waals surface area contributed by atoms with Crippen molar-refractivity contribution in [1.82, 2.24) is 24.1 Å². The first-order chi connectivity index (χ1) is 34.7. The molecule has 0 spiro atoms. The maximum absolute atomic E-state index is 5.41. The van der Waals surface area contributed by atoms with Crippen LogP contribution in [0.5, 0.6) is 0 Å². The van der Waals surface area contributed by atoms with Crippen LogP contribution in [0, 0.1) is 0 Å². The van der Waals surface area contributed by atoms with Gasteiger partial charge in [0.15, 0.2) is 17.5 Å². The molecule has 0 fully saturated rings. The highest BCUT2D eigenvalue weighted by molar-refractivity contribution is 7.26. The van der Waals surface area contributed by atoms with Crippen LogP contribution in [0.1, 0.15) is 0 Å². The van der Waals surface area contributed by atoms with E-state index in [1.807, 2.05) is 11.3 Å². The third-order valence-corrected chi connectivity index (χ3v) is 16.3. The third-order valence-electron chi connectivity index (χ3n) is 14.0. The SMILES string of the molecule is c1ccc(-c2cccc3sc4ccc(-c5nc(-c6ccc7c(c6)c6ccccc6n7-c6cccc7c8ccccc8n(-c8ccccc8)c67)nc(-c6cccc7c6sc6ccccc67)n5)cc4c23)cc1. The van der Waals surface area contributed by atoms with Crippen molar-refractivity contribution in [1.29, 1.82) is 0 Å². The Morgan fingerprint density at radius 1 is 0.314 bits per heavy atom. The Hall–Kier alpha value is -8.75. The van der Waals surface area contributed by atoms with Gasteiger partial charge < -0.3 is 9.13 Å². The van der Waals surface area contributed by atoms with Gasteiger partial charge in [0.25, 0.3) is 0 Å². The minimum Gasteiger partial charge on any atom is -0.307 e. The van der Waals surface area contributed by atoms with E-state index in [0.29, 0.717) is 17.5 Å². The van der Waals surface area contributed by atoms with Crippen LogP contribution in [0.2, 0.25) is 0 Å². The van der Waals surface area contributed by atoms with Crippen LogP contribution in [-0.2, 0) is 0 Å². The van der Waals surface area contributed by atoms with E-state index in [-0.39, 0.29) is 0 Å². The summed E-state index contributed by atoms with van der Waals surface area (Å²) in [5.41, 5.74) is 12.1. The number of nitrogens with zero attached hydrogens (tertiary/aromatic N) is 5. The number of hydrogen-bond acceptors (Lipinski definition) is 5. The van der Waals surface area contributed by atoms with Crippen molar-refractivity contribution in [2.45, 2.75) is 0 Å². The van der Waals surface area contributed by atoms with Crippen molar-refractivity contribution in [3.8, 4) is 56.7 Å². The fourth-order valence-corrected chi connectivity index (χ4v) is 13.2. The maximum Gasteiger partial charge on any atom is 0.165 e. The molecule has 0 aliphatic rings. The zero-order chi connectivity index (χ0) is 45.9. The van der Waals surface area contributed by atoms with Crippen LogP contribution in [-0.4, -0.2) is 24.1 Å². The smallest absolute Gasteiger partial charge is 0.165 e. The minimum atomic E-state index is 0.628. The van der Waals surface area contributed by atoms with Crippen molar-refractivity contribution >= 4 is 107 Å². The van der Waals surface area contributed by atoms with Gasteiger partial charge in [0.05, 0.1) is 27.8 Å². The molecule has 70 heavy (non-hydrogen) atoms. The first kappa shape index (κ1) is 39.3. The number of fused-ring (bicyclic) bond motifs is 12. The second-order valence-electron chi connectivity index (χ2n) is 17.9. The number of thiophene rings is 2. The molecule has 5 heterocycles. The van der Waals surface area contributed by atoms with Crippen molar-refractivity contribution < 1.29 is 0 Å². The minimum absolute atomic E-state index is 0.628. The van der Waals surface area contributed by atoms with Gasteiger partial charge in [-0.3, -0.25) is 0 Å². The van der Waals surface area contributed by atoms with Crippen molar-refractivity contribution in [3.05, 3.63) is 224 Å². The normalized spacial score (nSPS) is 12.0. The molecular formula is C63H37N5S2. The average Bonchev–Trinajstić information content (AvgIpc) is 4.19. The molecule has 0 unspecified atom stereocenters. The molecule has 0 radical (unpaired) electrons. The van der Waals surface area contributed by atoms with Crippen LogP contribution < -0.4 is 0 Å². The van der Waals surface area contributed by atoms with E-state index in [4.69, 9.17) is 15.0 Å². The van der Waals surface area contributed by atoms with Gasteiger partial charge in [0.1, 0.15) is 0 Å². The van der Waals surface area contributed by atoms with Crippen LogP contribution in [0.4, 0.5) is 0 Å². The monoisotopic (exact) mass is 927 g/mol. The second kappa shape index (κ2) is 15.4. The van der Waals surface area contributed by atoms with Gasteiger partial charge in [-0.15, -0.1) is 22.7 Å². The van der Waals surface area contributed by atoms with Crippen molar-refractivity contribution in [3.63, 3.8) is 0 Å². The largest absolute Gasteiger partial charge is 0.307 e. The van der Waals surface area contributed by atoms with E-state index in [9.17, 15) is 0 Å². The summed E-state index contributed by atoms with van der Waals surface area (Å²) in [4.78, 5) is 16.2. The number of hydrogen-bond donors (Lipinski definition) is 0. The Morgan fingerprint density at radius 3 is 1.69 bits per heavy atom. The summed E-state index contributed by atoms with van der Waals surface area (Å²) in [6.07, 6.45) is 0. The Bertz CT molecular complexity index is 4600. The van der Waals surface area contributed by atoms with Gasteiger partial charge in [-0.25, -0.2) is 15.0 Å². The van der Waals surface area contributed by atoms with Crippen LogP contribution in [0.3, 0.4) is 0 Å². The molecular weight excluding hydrogens is 891 g/mol. The summed E-state index contributed by atoms with van der Waals surface area (Å²) >= 11 is 3.62. The highest BCUT2D eigenvalue weighted by Gasteiger charge is 2.23. The van der Waals surface area contributed by atoms with Gasteiger partial charge >= 0.3 is 0 Å². The average molecular weight is 928 g/mol. The van der Waals surface area contributed by atoms with Gasteiger partial charge in [-0.1, -0.05) is 140 Å². The van der Waals surface area contributed by atoms with E-state index in [2.05, 4.69) is 234 Å². The zero-order valence-corrected chi connectivity index (χ0v) is 39.0. The van der Waals surface area contributed by atoms with Crippen LogP contribution >= 0.6 is 22.7 Å². The Morgan fingerprint density at radius 2 is 0.871 bits per heavy atom. The predicted molar refractivity (Wildman–Crippen MR) is 296 cm³/mol. The summed E-state index contributed by atoms with van der Waals surface area (Å²) in [6.45, 7) is 0. The molecule has 0 saturated heterocycles. The molecule has 0 atom stereocenters. The molecule has 15 aromatic rings. The molecule has 0 N–H and O–H groups in total. The lowest BCUT2D eigenvalue weighted by atomic mass is 9.99. The summed E-state index contributed by atoms with van der Waals surface area (Å²) in [7, 11) is 0. The summed E-state index contributed by atoms with van der Waals surface area (Å²) in [6, 6.07) is 80.8. The quantitative estimate of drug-likeness (QED) is 0.167. The number of para-hydroxylation sites is 4. The Kier molecular flexibility index (Phi) is 8.63. The van der Waals surface area contributed by atoms with Gasteiger partial charge in [-0.2, -0.15) is 0 Å². The third kappa shape index (κ3) is 5.92. The summed E-state index contributed by atoms with van der Waals surface area (Å²) in [5.74, 6) is 1.92. The number of aromatic nitrogens is 5. The predicted octanol–water partition coefficient (Wildman–Crippen LogP) is 17.5. The fraction of sp³-hybridized carbons (Fsp3) is 0. The van der Waals surface area contributed by atoms with Crippen molar-refractivity contribution in [2.75, 3.05) is 0 Å². The molecule has 0 aliphatic carbocycles. The Labute approximate surface area is 409 Å². The van der Waals surface area contributed by atoms with Crippen LogP contribution in [0.25, 0.3) is 141 Å². The Balaban J connectivity index is 0.965. The molecule has 15 rings (SSSR count). The zero-order valence-electron chi connectivity index (χ0n) is 37.4. The van der Waals surface area contributed by atoms with E-state index in [1.165, 1.54) is 67.8 Å². The van der Waals surface area contributed by atoms with Gasteiger partial charge in [0, 0.05) is 84.3 Å². The molecule has 10 aromatic carbocycles. The lowest BCUT2D eigenvalue weighted by Gasteiger charge is -2.14. The maximum atomic E-state index is 5.41. The molecule has 7 heteroatoms. The molecule has 5 nitrogen and oxygen atoms in total. The van der Waals surface area contributed by atoms with Gasteiger partial charge in [-0.05, 0) is 96.1 Å². The van der Waals surface area contributed by atoms with E-state index >= 15 is 0 Å². The molecule has 5 aromatic heterocycles. The molecule has 326 valence electrons. The molecule has 0 saturated carbocycles. The van der Waals surface area contributed by atoms with E-state index in [0.717, 1.165) is 55.4 Å². The highest BCUT2D eigenvalue weighted by Crippen LogP contribution is 2.44. The highest BCUT2D eigenvalue weighted by atomic mass is 32.1. The van der Waals surface area contributed by atoms with E-state index < -0.39 is 0 Å². The number of benzene rings is 10. The van der Waals surface area contributed by atoms with Crippen molar-refractivity contribution in [2.24, 2.45) is 0 Å². The molecule has 0 bridgehead atoms. The summed E-state index contributed by atoms with van der Waals surface area (Å²) < 4.78 is 9.74. The first-order valence-electron chi connectivity index (χ1n) is 23.5. The number of rotatable bonds is 6. The summed E-state index contributed by atoms with van der Waals surface area (Å²) in [5, 5.41) is 9.62. The van der Waals surface area contributed by atoms with Gasteiger partial charge in [0.2, 0.25) is 0 Å². The molecule has 0 aliphatic heterocycles. The standard InChI is InChI=1S/C63H37N5S2/c1-3-16-38(17-4-1)42-23-15-31-57-58(42)50-37-40(33-35-56(50)69-57)62-64-61(65-63(66-62)48-26-13-25-47-45-22-9-12-30-55(45)70-60(47)48)39-32-34-53-49(36-39)44-21-8-11-28-52(44)68(53)54-29-14-24-46-43-20-7-10-27-51(43)67(59(46)54)41-18-5-2-6-19-41/h1-37H. The van der Waals surface area contributed by atoms with E-state index in [1.54, 1.807) is 11.3 Å². The lowest BCUT2D eigenvalue weighted by Crippen LogP contribution is -2.01. The topological polar surface area (TPSA) is 48.5 Å². The lowest BCUT2D eigenvalue weighted by molar-refractivity contribution is 1.08. The molecule has 0 amide bonds.